The highest BCUT2D eigenvalue weighted by Gasteiger charge is 2.00. The molecule has 2 rings (SSSR count). The van der Waals surface area contributed by atoms with Crippen molar-refractivity contribution in [2.45, 2.75) is 0 Å². The molecule has 1 heterocycles. The number of hydrogen-bond donors (Lipinski definition) is 1. The lowest BCUT2D eigenvalue weighted by atomic mass is 10.1. The fourth-order valence-corrected chi connectivity index (χ4v) is 1.15. The zero-order valence-corrected chi connectivity index (χ0v) is 7.15. The maximum Gasteiger partial charge on any atom is 0.416 e. The summed E-state index contributed by atoms with van der Waals surface area (Å²) in [7, 11) is 0. The number of hydrogen-bond acceptors (Lipinski definition) is 3. The van der Waals surface area contributed by atoms with Gasteiger partial charge in [-0.25, -0.2) is 4.79 Å². The van der Waals surface area contributed by atoms with Crippen molar-refractivity contribution >= 4 is 0 Å². The van der Waals surface area contributed by atoms with Gasteiger partial charge in [0.15, 0.2) is 0 Å². The van der Waals surface area contributed by atoms with Gasteiger partial charge in [-0.15, -0.1) is 0 Å². The third-order valence-electron chi connectivity index (χ3n) is 1.85. The van der Waals surface area contributed by atoms with E-state index in [1.807, 2.05) is 6.07 Å². The number of nitrogens with one attached hydrogen (secondary N) is 1. The van der Waals surface area contributed by atoms with E-state index in [9.17, 15) is 4.79 Å². The minimum atomic E-state index is -0.482. The third-order valence-corrected chi connectivity index (χ3v) is 1.85. The Balaban J connectivity index is 2.44. The first-order valence-electron chi connectivity index (χ1n) is 3.98. The van der Waals surface area contributed by atoms with Crippen molar-refractivity contribution in [1.82, 2.24) is 4.98 Å². The zero-order valence-electron chi connectivity index (χ0n) is 7.15. The number of rotatable bonds is 1. The van der Waals surface area contributed by atoms with Gasteiger partial charge >= 0.3 is 5.76 Å². The van der Waals surface area contributed by atoms with Gasteiger partial charge in [-0.1, -0.05) is 12.1 Å². The van der Waals surface area contributed by atoms with Crippen LogP contribution in [0.3, 0.4) is 0 Å². The predicted octanol–water partition coefficient (Wildman–Crippen LogP) is 1.51. The van der Waals surface area contributed by atoms with Crippen LogP contribution >= 0.6 is 0 Å². The summed E-state index contributed by atoms with van der Waals surface area (Å²) in [6.07, 6.45) is 1.35. The van der Waals surface area contributed by atoms with Crippen LogP contribution in [0.5, 0.6) is 0 Å². The molecule has 0 unspecified atom stereocenters. The minimum Gasteiger partial charge on any atom is -0.416 e. The van der Waals surface area contributed by atoms with E-state index in [0.29, 0.717) is 11.3 Å². The van der Waals surface area contributed by atoms with Crippen molar-refractivity contribution in [2.75, 3.05) is 0 Å². The van der Waals surface area contributed by atoms with Crippen LogP contribution in [-0.4, -0.2) is 4.98 Å². The van der Waals surface area contributed by atoms with Gasteiger partial charge in [0.25, 0.3) is 0 Å². The van der Waals surface area contributed by atoms with Gasteiger partial charge in [0, 0.05) is 5.56 Å². The van der Waals surface area contributed by atoms with Crippen LogP contribution in [-0.2, 0) is 0 Å². The Morgan fingerprint density at radius 1 is 1.29 bits per heavy atom. The Bertz CT molecular complexity index is 528. The Morgan fingerprint density at radius 2 is 2.00 bits per heavy atom. The van der Waals surface area contributed by atoms with Crippen LogP contribution in [0.4, 0.5) is 0 Å². The summed E-state index contributed by atoms with van der Waals surface area (Å²) in [6.45, 7) is 0. The van der Waals surface area contributed by atoms with Gasteiger partial charge in [0.2, 0.25) is 0 Å². The number of H-pyrrole nitrogens is 1. The van der Waals surface area contributed by atoms with Gasteiger partial charge in [0.05, 0.1) is 17.3 Å². The maximum absolute atomic E-state index is 10.7. The Labute approximate surface area is 79.4 Å². The minimum absolute atomic E-state index is 0.482. The van der Waals surface area contributed by atoms with E-state index in [1.54, 1.807) is 24.3 Å². The summed E-state index contributed by atoms with van der Waals surface area (Å²) in [6, 6.07) is 8.88. The molecular weight excluding hydrogens is 180 g/mol. The van der Waals surface area contributed by atoms with Crippen LogP contribution in [0.2, 0.25) is 0 Å². The van der Waals surface area contributed by atoms with Crippen LogP contribution in [0.25, 0.3) is 11.3 Å². The van der Waals surface area contributed by atoms with Crippen molar-refractivity contribution in [3.05, 3.63) is 46.6 Å². The summed E-state index contributed by atoms with van der Waals surface area (Å²) in [5.41, 5.74) is 2.01. The van der Waals surface area contributed by atoms with E-state index >= 15 is 0 Å². The average molecular weight is 186 g/mol. The first-order valence-corrected chi connectivity index (χ1v) is 3.98. The molecular formula is C10H6N2O2. The van der Waals surface area contributed by atoms with E-state index in [1.165, 1.54) is 6.26 Å². The molecule has 0 amide bonds. The molecule has 4 heteroatoms. The van der Waals surface area contributed by atoms with Gasteiger partial charge in [-0.2, -0.15) is 5.26 Å². The van der Waals surface area contributed by atoms with Crippen LogP contribution in [0.1, 0.15) is 5.56 Å². The molecule has 0 radical (unpaired) electrons. The first kappa shape index (κ1) is 8.32. The lowest BCUT2D eigenvalue weighted by Crippen LogP contribution is -1.94. The summed E-state index contributed by atoms with van der Waals surface area (Å²) >= 11 is 0. The van der Waals surface area contributed by atoms with E-state index in [2.05, 4.69) is 9.40 Å². The van der Waals surface area contributed by atoms with E-state index in [0.717, 1.165) is 5.56 Å². The van der Waals surface area contributed by atoms with Crippen molar-refractivity contribution in [3.63, 3.8) is 0 Å². The largest absolute Gasteiger partial charge is 0.416 e. The highest BCUT2D eigenvalue weighted by atomic mass is 16.4. The lowest BCUT2D eigenvalue weighted by molar-refractivity contribution is 0.515. The van der Waals surface area contributed by atoms with E-state index in [-0.39, 0.29) is 0 Å². The molecule has 0 aliphatic rings. The third kappa shape index (κ3) is 1.43. The maximum atomic E-state index is 10.7. The summed E-state index contributed by atoms with van der Waals surface area (Å²) in [5.74, 6) is -0.482. The second-order valence-electron chi connectivity index (χ2n) is 2.75. The number of aromatic nitrogens is 1. The van der Waals surface area contributed by atoms with Crippen LogP contribution in [0, 0.1) is 11.3 Å². The molecule has 1 N–H and O–H groups in total. The quantitative estimate of drug-likeness (QED) is 0.733. The van der Waals surface area contributed by atoms with Crippen molar-refractivity contribution in [3.8, 4) is 17.3 Å². The number of aromatic amines is 1. The summed E-state index contributed by atoms with van der Waals surface area (Å²) in [4.78, 5) is 13.2. The fourth-order valence-electron chi connectivity index (χ4n) is 1.15. The van der Waals surface area contributed by atoms with Crippen molar-refractivity contribution in [2.24, 2.45) is 0 Å². The molecule has 0 atom stereocenters. The molecule has 0 bridgehead atoms. The molecule has 1 aromatic heterocycles. The second-order valence-corrected chi connectivity index (χ2v) is 2.75. The number of benzene rings is 1. The molecule has 0 saturated heterocycles. The normalized spacial score (nSPS) is 9.64. The Morgan fingerprint density at radius 3 is 2.50 bits per heavy atom. The number of nitriles is 1. The molecule has 4 nitrogen and oxygen atoms in total. The molecule has 0 aliphatic carbocycles. The van der Waals surface area contributed by atoms with Gasteiger partial charge in [-0.05, 0) is 12.1 Å². The summed E-state index contributed by atoms with van der Waals surface area (Å²) in [5, 5.41) is 8.58. The highest BCUT2D eigenvalue weighted by Crippen LogP contribution is 2.15. The van der Waals surface area contributed by atoms with Gasteiger partial charge < -0.3 is 4.42 Å². The smallest absolute Gasteiger partial charge is 0.416 e. The Hall–Kier alpha value is -2.28. The first-order chi connectivity index (χ1) is 6.79. The SMILES string of the molecule is N#Cc1ccc(-c2coc(=O)[nH]2)cc1. The lowest BCUT2D eigenvalue weighted by Gasteiger charge is -1.94. The van der Waals surface area contributed by atoms with Crippen LogP contribution < -0.4 is 5.76 Å². The molecule has 0 spiro atoms. The molecule has 1 aromatic carbocycles. The predicted molar refractivity (Wildman–Crippen MR) is 49.5 cm³/mol. The summed E-state index contributed by atoms with van der Waals surface area (Å²) < 4.78 is 4.60. The number of nitrogens with zero attached hydrogens (tertiary/aromatic N) is 1. The van der Waals surface area contributed by atoms with E-state index < -0.39 is 5.76 Å². The second kappa shape index (κ2) is 3.23. The monoisotopic (exact) mass is 186 g/mol. The molecule has 0 saturated carbocycles. The average Bonchev–Trinajstić information content (AvgIpc) is 2.65. The van der Waals surface area contributed by atoms with Gasteiger partial charge in [-0.3, -0.25) is 4.98 Å². The molecule has 68 valence electrons. The zero-order chi connectivity index (χ0) is 9.97. The van der Waals surface area contributed by atoms with Crippen molar-refractivity contribution in [1.29, 1.82) is 5.26 Å². The standard InChI is InChI=1S/C10H6N2O2/c11-5-7-1-3-8(4-2-7)9-6-14-10(13)12-9/h1-4,6H,(H,12,13). The molecule has 2 aromatic rings. The van der Waals surface area contributed by atoms with Crippen LogP contribution in [0.15, 0.2) is 39.7 Å². The Kier molecular flexibility index (Phi) is 1.92. The highest BCUT2D eigenvalue weighted by molar-refractivity contribution is 5.58. The molecule has 14 heavy (non-hydrogen) atoms. The molecule has 0 aliphatic heterocycles. The van der Waals surface area contributed by atoms with E-state index in [4.69, 9.17) is 5.26 Å². The fraction of sp³-hybridized carbons (Fsp3) is 0. The van der Waals surface area contributed by atoms with Gasteiger partial charge in [0.1, 0.15) is 6.26 Å². The topological polar surface area (TPSA) is 69.8 Å². The van der Waals surface area contributed by atoms with Crippen molar-refractivity contribution < 1.29 is 4.42 Å². The molecule has 0 fully saturated rings. The number of oxazole rings is 1.